The molecular weight excluding hydrogens is 1310 g/mol. The lowest BCUT2D eigenvalue weighted by atomic mass is 10.0. The third-order valence-corrected chi connectivity index (χ3v) is 18.1. The van der Waals surface area contributed by atoms with E-state index in [1.54, 1.807) is 0 Å². The number of ether oxygens (including phenoxy) is 4. The molecule has 0 aliphatic carbocycles. The Morgan fingerprint density at radius 1 is 0.290 bits per heavy atom. The minimum absolute atomic E-state index is 0.0393. The van der Waals surface area contributed by atoms with Crippen LogP contribution in [0.25, 0.3) is 0 Å². The third kappa shape index (κ3) is 72.1. The van der Waals surface area contributed by atoms with Crippen molar-refractivity contribution in [2.24, 2.45) is 0 Å². The molecule has 0 rings (SSSR count). The highest BCUT2D eigenvalue weighted by Gasteiger charge is 2.30. The molecule has 19 heteroatoms. The number of hydrogen-bond acceptors (Lipinski definition) is 15. The first-order valence-electron chi connectivity index (χ1n) is 39.1. The average Bonchev–Trinajstić information content (AvgIpc) is 0.932. The molecule has 3 N–H and O–H groups in total. The molecule has 576 valence electrons. The van der Waals surface area contributed by atoms with Crippen LogP contribution in [-0.4, -0.2) is 96.7 Å². The van der Waals surface area contributed by atoms with Gasteiger partial charge in [-0.05, 0) is 128 Å². The fourth-order valence-corrected chi connectivity index (χ4v) is 11.9. The van der Waals surface area contributed by atoms with E-state index >= 15 is 0 Å². The van der Waals surface area contributed by atoms with Gasteiger partial charge in [0.1, 0.15) is 19.3 Å². The molecular formula is C81H140O17P2. The molecule has 0 heterocycles. The molecule has 0 spiro atoms. The van der Waals surface area contributed by atoms with Gasteiger partial charge in [0, 0.05) is 25.7 Å². The van der Waals surface area contributed by atoms with Crippen molar-refractivity contribution in [1.29, 1.82) is 0 Å². The molecule has 0 saturated heterocycles. The van der Waals surface area contributed by atoms with E-state index in [2.05, 4.69) is 137 Å². The van der Waals surface area contributed by atoms with Crippen LogP contribution in [0.15, 0.2) is 109 Å². The highest BCUT2D eigenvalue weighted by atomic mass is 31.2. The Hall–Kier alpha value is -4.28. The number of aliphatic hydroxyl groups excluding tert-OH is 1. The predicted molar refractivity (Wildman–Crippen MR) is 408 cm³/mol. The quantitative estimate of drug-likeness (QED) is 0.0169. The van der Waals surface area contributed by atoms with E-state index in [1.165, 1.54) is 70.6 Å². The lowest BCUT2D eigenvalue weighted by Crippen LogP contribution is -2.30. The number of hydrogen-bond donors (Lipinski definition) is 3. The topological polar surface area (TPSA) is 237 Å². The highest BCUT2D eigenvalue weighted by Crippen LogP contribution is 2.45. The second kappa shape index (κ2) is 73.0. The molecule has 100 heavy (non-hydrogen) atoms. The summed E-state index contributed by atoms with van der Waals surface area (Å²) in [6.07, 6.45) is 77.9. The van der Waals surface area contributed by atoms with Gasteiger partial charge in [0.25, 0.3) is 0 Å². The zero-order valence-electron chi connectivity index (χ0n) is 62.8. The monoisotopic (exact) mass is 1450 g/mol. The summed E-state index contributed by atoms with van der Waals surface area (Å²) in [6, 6.07) is 0. The van der Waals surface area contributed by atoms with Gasteiger partial charge in [-0.25, -0.2) is 9.13 Å². The van der Waals surface area contributed by atoms with Crippen molar-refractivity contribution in [3.8, 4) is 0 Å². The summed E-state index contributed by atoms with van der Waals surface area (Å²) < 4.78 is 68.5. The molecule has 0 aliphatic rings. The van der Waals surface area contributed by atoms with Crippen LogP contribution in [0, 0.1) is 0 Å². The second-order valence-electron chi connectivity index (χ2n) is 25.9. The van der Waals surface area contributed by atoms with Crippen molar-refractivity contribution in [1.82, 2.24) is 0 Å². The summed E-state index contributed by atoms with van der Waals surface area (Å²) in [6.45, 7) is 4.57. The first-order chi connectivity index (χ1) is 48.7. The van der Waals surface area contributed by atoms with Crippen LogP contribution in [0.1, 0.15) is 323 Å². The van der Waals surface area contributed by atoms with Gasteiger partial charge in [-0.1, -0.05) is 278 Å². The number of esters is 4. The van der Waals surface area contributed by atoms with Crippen LogP contribution >= 0.6 is 15.6 Å². The smallest absolute Gasteiger partial charge is 0.462 e. The number of unbranched alkanes of at least 4 members (excludes halogenated alkanes) is 29. The molecule has 0 aromatic heterocycles. The Bertz CT molecular complexity index is 2320. The van der Waals surface area contributed by atoms with Crippen LogP contribution in [0.5, 0.6) is 0 Å². The Morgan fingerprint density at radius 3 is 0.840 bits per heavy atom. The van der Waals surface area contributed by atoms with Gasteiger partial charge in [-0.3, -0.25) is 37.3 Å². The fourth-order valence-electron chi connectivity index (χ4n) is 10.3. The number of phosphoric ester groups is 2. The van der Waals surface area contributed by atoms with Crippen LogP contribution in [-0.2, 0) is 65.4 Å². The molecule has 0 radical (unpaired) electrons. The number of allylic oxidation sites excluding steroid dienone is 18. The van der Waals surface area contributed by atoms with Crippen molar-refractivity contribution in [3.63, 3.8) is 0 Å². The maximum Gasteiger partial charge on any atom is 0.472 e. The van der Waals surface area contributed by atoms with Crippen molar-refractivity contribution in [3.05, 3.63) is 109 Å². The molecule has 0 aromatic rings. The number of carbonyl (C=O) groups excluding carboxylic acids is 4. The minimum atomic E-state index is -4.99. The Labute approximate surface area is 607 Å². The maximum atomic E-state index is 13.1. The number of phosphoric acid groups is 2. The van der Waals surface area contributed by atoms with E-state index in [9.17, 15) is 43.2 Å². The van der Waals surface area contributed by atoms with Crippen LogP contribution in [0.2, 0.25) is 0 Å². The van der Waals surface area contributed by atoms with Crippen molar-refractivity contribution < 1.29 is 80.2 Å². The lowest BCUT2D eigenvalue weighted by Gasteiger charge is -2.21. The van der Waals surface area contributed by atoms with Gasteiger partial charge in [0.05, 0.1) is 26.4 Å². The molecule has 0 fully saturated rings. The average molecular weight is 1450 g/mol. The summed E-state index contributed by atoms with van der Waals surface area (Å²) in [5.41, 5.74) is 0. The van der Waals surface area contributed by atoms with Gasteiger partial charge >= 0.3 is 39.5 Å². The Morgan fingerprint density at radius 2 is 0.520 bits per heavy atom. The van der Waals surface area contributed by atoms with E-state index in [-0.39, 0.29) is 25.7 Å². The van der Waals surface area contributed by atoms with Crippen LogP contribution < -0.4 is 0 Å². The van der Waals surface area contributed by atoms with Gasteiger partial charge < -0.3 is 33.8 Å². The minimum Gasteiger partial charge on any atom is -0.462 e. The largest absolute Gasteiger partial charge is 0.472 e. The molecule has 17 nitrogen and oxygen atoms in total. The highest BCUT2D eigenvalue weighted by molar-refractivity contribution is 7.47. The van der Waals surface area contributed by atoms with E-state index in [0.29, 0.717) is 32.1 Å². The molecule has 5 atom stereocenters. The molecule has 0 amide bonds. The normalized spacial score (nSPS) is 14.5. The third-order valence-electron chi connectivity index (χ3n) is 16.2. The van der Waals surface area contributed by atoms with Gasteiger partial charge in [-0.15, -0.1) is 0 Å². The van der Waals surface area contributed by atoms with Crippen molar-refractivity contribution in [2.75, 3.05) is 39.6 Å². The Kier molecular flexibility index (Phi) is 69.9. The molecule has 0 aromatic carbocycles. The fraction of sp³-hybridized carbons (Fsp3) is 0.728. The van der Waals surface area contributed by atoms with Crippen LogP contribution in [0.3, 0.4) is 0 Å². The molecule has 0 aliphatic heterocycles. The first-order valence-corrected chi connectivity index (χ1v) is 42.1. The summed E-state index contributed by atoms with van der Waals surface area (Å²) in [7, 11) is -9.97. The van der Waals surface area contributed by atoms with Gasteiger partial charge in [-0.2, -0.15) is 0 Å². The van der Waals surface area contributed by atoms with E-state index in [0.717, 1.165) is 167 Å². The molecule has 5 unspecified atom stereocenters. The predicted octanol–water partition coefficient (Wildman–Crippen LogP) is 22.6. The van der Waals surface area contributed by atoms with Crippen LogP contribution in [0.4, 0.5) is 0 Å². The summed E-state index contributed by atoms with van der Waals surface area (Å²) in [4.78, 5) is 72.9. The first kappa shape index (κ1) is 95.7. The standard InChI is InChI=1S/C81H140O17P2/c1-5-9-13-17-21-25-29-33-36-37-40-43-46-50-54-58-62-66-79(84)92-72-77(98-81(86)68-64-60-56-52-48-44-39-35-31-27-23-19-15-11-7-3)74-96-100(89,90)94-70-75(82)69-93-99(87,88)95-73-76(97-80(85)67-63-59-55-51-47-41-32-28-24-20-16-12-8-4)71-91-78(83)65-61-57-53-49-45-42-38-34-30-26-22-18-14-10-6-2/h9,11,13,15,21-23,25-27,33-36,38-39,48,52,75-77,82H,5-8,10,12,14,16-20,24,28-32,37,40-47,49-51,53-74H2,1-4H3,(H,87,88)(H,89,90)/b13-9-,15-11-,25-21-,26-22-,27-23-,36-33-,38-34-,39-35-,52-48-. The second-order valence-corrected chi connectivity index (χ2v) is 28.8. The number of aliphatic hydroxyl groups is 1. The zero-order chi connectivity index (χ0) is 73.2. The maximum absolute atomic E-state index is 13.1. The number of carbonyl (C=O) groups is 4. The number of rotatable bonds is 73. The van der Waals surface area contributed by atoms with E-state index < -0.39 is 97.5 Å². The van der Waals surface area contributed by atoms with Gasteiger partial charge in [0.15, 0.2) is 12.2 Å². The van der Waals surface area contributed by atoms with E-state index in [4.69, 9.17) is 37.0 Å². The molecule has 0 bridgehead atoms. The Balaban J connectivity index is 5.39. The van der Waals surface area contributed by atoms with Crippen molar-refractivity contribution >= 4 is 39.5 Å². The SMILES string of the molecule is CC/C=C\C/C=C\C/C=C\C/C=C\CCCCC(=O)OC(COC(=O)CCCCCCCCC/C=C\C/C=C\C/C=C\CC)COP(=O)(O)OCC(O)COP(=O)(O)OCC(COC(=O)CCCCCCC/C=C\C/C=C\CCCCC)OC(=O)CCCCCCCCCCCCCCC. The molecule has 0 saturated carbocycles. The summed E-state index contributed by atoms with van der Waals surface area (Å²) in [5, 5.41) is 10.6. The lowest BCUT2D eigenvalue weighted by molar-refractivity contribution is -0.161. The summed E-state index contributed by atoms with van der Waals surface area (Å²) >= 11 is 0. The van der Waals surface area contributed by atoms with Crippen molar-refractivity contribution in [2.45, 2.75) is 341 Å². The zero-order valence-corrected chi connectivity index (χ0v) is 64.6. The summed E-state index contributed by atoms with van der Waals surface area (Å²) in [5.74, 6) is -2.24. The van der Waals surface area contributed by atoms with E-state index in [1.807, 2.05) is 0 Å². The van der Waals surface area contributed by atoms with Gasteiger partial charge in [0.2, 0.25) is 0 Å².